The summed E-state index contributed by atoms with van der Waals surface area (Å²) in [4.78, 5) is 0. The zero-order valence-corrected chi connectivity index (χ0v) is 13.5. The molecule has 4 aromatic rings. The molecule has 0 fully saturated rings. The molecule has 4 rings (SSSR count). The summed E-state index contributed by atoms with van der Waals surface area (Å²) in [7, 11) is 0. The molecule has 0 aromatic heterocycles. The molecule has 0 amide bonds. The van der Waals surface area contributed by atoms with E-state index in [9.17, 15) is 4.39 Å². The fourth-order valence-corrected chi connectivity index (χ4v) is 3.25. The highest BCUT2D eigenvalue weighted by molar-refractivity contribution is 6.04. The molecule has 0 N–H and O–H groups in total. The summed E-state index contributed by atoms with van der Waals surface area (Å²) >= 11 is 0. The van der Waals surface area contributed by atoms with Crippen molar-refractivity contribution >= 4 is 10.8 Å². The van der Waals surface area contributed by atoms with Crippen LogP contribution in [-0.4, -0.2) is 0 Å². The molecule has 4 aromatic carbocycles. The Hall–Kier alpha value is -2.93. The first-order chi connectivity index (χ1) is 11.7. The van der Waals surface area contributed by atoms with Crippen molar-refractivity contribution in [2.45, 2.75) is 6.92 Å². The fourth-order valence-electron chi connectivity index (χ4n) is 3.25. The molecular formula is C23H17F. The number of aryl methyl sites for hydroxylation is 1. The van der Waals surface area contributed by atoms with Crippen molar-refractivity contribution in [1.82, 2.24) is 0 Å². The Kier molecular flexibility index (Phi) is 3.62. The first kappa shape index (κ1) is 14.6. The van der Waals surface area contributed by atoms with E-state index in [4.69, 9.17) is 0 Å². The number of hydrogen-bond acceptors (Lipinski definition) is 0. The summed E-state index contributed by atoms with van der Waals surface area (Å²) < 4.78 is 13.3. The van der Waals surface area contributed by atoms with Crippen molar-refractivity contribution < 1.29 is 4.39 Å². The van der Waals surface area contributed by atoms with Gasteiger partial charge in [-0.05, 0) is 52.1 Å². The van der Waals surface area contributed by atoms with Crippen LogP contribution in [0.25, 0.3) is 33.0 Å². The number of fused-ring (bicyclic) bond motifs is 1. The molecule has 0 saturated carbocycles. The third-order valence-corrected chi connectivity index (χ3v) is 4.39. The summed E-state index contributed by atoms with van der Waals surface area (Å²) in [6, 6.07) is 27.9. The van der Waals surface area contributed by atoms with Gasteiger partial charge in [-0.25, -0.2) is 4.39 Å². The van der Waals surface area contributed by atoms with Gasteiger partial charge in [-0.15, -0.1) is 0 Å². The van der Waals surface area contributed by atoms with Crippen molar-refractivity contribution in [3.63, 3.8) is 0 Å². The Labute approximate surface area is 141 Å². The average Bonchev–Trinajstić information content (AvgIpc) is 2.61. The molecule has 0 atom stereocenters. The van der Waals surface area contributed by atoms with Gasteiger partial charge in [-0.1, -0.05) is 78.4 Å². The molecule has 0 nitrogen and oxygen atoms in total. The minimum atomic E-state index is -0.211. The molecule has 0 aliphatic rings. The van der Waals surface area contributed by atoms with E-state index in [1.54, 1.807) is 0 Å². The SMILES string of the molecule is Cc1cccc(-c2c(-c3ccc(F)cc3)ccc3ccccc23)c1. The van der Waals surface area contributed by atoms with Crippen LogP contribution < -0.4 is 0 Å². The molecule has 0 spiro atoms. The Morgan fingerprint density at radius 2 is 1.46 bits per heavy atom. The number of rotatable bonds is 2. The molecule has 0 unspecified atom stereocenters. The van der Waals surface area contributed by atoms with Gasteiger partial charge in [0.15, 0.2) is 0 Å². The Morgan fingerprint density at radius 3 is 2.25 bits per heavy atom. The van der Waals surface area contributed by atoms with E-state index in [-0.39, 0.29) is 5.82 Å². The lowest BCUT2D eigenvalue weighted by atomic mass is 9.89. The second-order valence-corrected chi connectivity index (χ2v) is 6.09. The maximum absolute atomic E-state index is 13.3. The van der Waals surface area contributed by atoms with Crippen molar-refractivity contribution in [1.29, 1.82) is 0 Å². The summed E-state index contributed by atoms with van der Waals surface area (Å²) in [6.07, 6.45) is 0. The minimum Gasteiger partial charge on any atom is -0.207 e. The van der Waals surface area contributed by atoms with Gasteiger partial charge in [0.2, 0.25) is 0 Å². The van der Waals surface area contributed by atoms with E-state index in [0.717, 1.165) is 11.1 Å². The van der Waals surface area contributed by atoms with E-state index >= 15 is 0 Å². The molecule has 0 aliphatic carbocycles. The highest BCUT2D eigenvalue weighted by Crippen LogP contribution is 2.38. The van der Waals surface area contributed by atoms with Crippen LogP contribution in [0.4, 0.5) is 4.39 Å². The van der Waals surface area contributed by atoms with Crippen LogP contribution in [-0.2, 0) is 0 Å². The highest BCUT2D eigenvalue weighted by Gasteiger charge is 2.12. The number of halogens is 1. The minimum absolute atomic E-state index is 0.211. The predicted octanol–water partition coefficient (Wildman–Crippen LogP) is 6.62. The maximum Gasteiger partial charge on any atom is 0.123 e. The van der Waals surface area contributed by atoms with E-state index in [0.29, 0.717) is 0 Å². The molecule has 24 heavy (non-hydrogen) atoms. The zero-order chi connectivity index (χ0) is 16.5. The topological polar surface area (TPSA) is 0 Å². The van der Waals surface area contributed by atoms with Crippen LogP contribution in [0.1, 0.15) is 5.56 Å². The number of benzene rings is 4. The summed E-state index contributed by atoms with van der Waals surface area (Å²) in [5.74, 6) is -0.211. The first-order valence-electron chi connectivity index (χ1n) is 8.07. The third kappa shape index (κ3) is 2.59. The van der Waals surface area contributed by atoms with Gasteiger partial charge in [0, 0.05) is 0 Å². The van der Waals surface area contributed by atoms with Gasteiger partial charge < -0.3 is 0 Å². The molecule has 116 valence electrons. The monoisotopic (exact) mass is 312 g/mol. The Bertz CT molecular complexity index is 1010. The first-order valence-corrected chi connectivity index (χ1v) is 8.07. The van der Waals surface area contributed by atoms with Crippen LogP contribution in [0.15, 0.2) is 84.9 Å². The Balaban J connectivity index is 2.07. The number of hydrogen-bond donors (Lipinski definition) is 0. The van der Waals surface area contributed by atoms with Crippen LogP contribution >= 0.6 is 0 Å². The van der Waals surface area contributed by atoms with Crippen LogP contribution in [0.2, 0.25) is 0 Å². The predicted molar refractivity (Wildman–Crippen MR) is 99.5 cm³/mol. The fraction of sp³-hybridized carbons (Fsp3) is 0.0435. The molecule has 0 heterocycles. The summed E-state index contributed by atoms with van der Waals surface area (Å²) in [5.41, 5.74) is 5.76. The van der Waals surface area contributed by atoms with E-state index in [1.165, 1.54) is 39.6 Å². The molecule has 1 heteroatoms. The van der Waals surface area contributed by atoms with Gasteiger partial charge in [0.05, 0.1) is 0 Å². The van der Waals surface area contributed by atoms with Crippen LogP contribution in [0, 0.1) is 12.7 Å². The molecular weight excluding hydrogens is 295 g/mol. The third-order valence-electron chi connectivity index (χ3n) is 4.39. The normalized spacial score (nSPS) is 10.9. The highest BCUT2D eigenvalue weighted by atomic mass is 19.1. The van der Waals surface area contributed by atoms with E-state index in [2.05, 4.69) is 67.6 Å². The zero-order valence-electron chi connectivity index (χ0n) is 13.5. The lowest BCUT2D eigenvalue weighted by molar-refractivity contribution is 0.628. The summed E-state index contributed by atoms with van der Waals surface area (Å²) in [6.45, 7) is 2.10. The molecule has 0 bridgehead atoms. The van der Waals surface area contributed by atoms with E-state index in [1.807, 2.05) is 12.1 Å². The second-order valence-electron chi connectivity index (χ2n) is 6.09. The van der Waals surface area contributed by atoms with Gasteiger partial charge >= 0.3 is 0 Å². The smallest absolute Gasteiger partial charge is 0.123 e. The van der Waals surface area contributed by atoms with Gasteiger partial charge in [-0.3, -0.25) is 0 Å². The van der Waals surface area contributed by atoms with Crippen molar-refractivity contribution in [3.8, 4) is 22.3 Å². The quantitative estimate of drug-likeness (QED) is 0.390. The second kappa shape index (κ2) is 5.93. The molecule has 0 aliphatic heterocycles. The van der Waals surface area contributed by atoms with Crippen molar-refractivity contribution in [3.05, 3.63) is 96.3 Å². The van der Waals surface area contributed by atoms with Crippen molar-refractivity contribution in [2.75, 3.05) is 0 Å². The van der Waals surface area contributed by atoms with E-state index < -0.39 is 0 Å². The maximum atomic E-state index is 13.3. The average molecular weight is 312 g/mol. The summed E-state index contributed by atoms with van der Waals surface area (Å²) in [5, 5.41) is 2.42. The standard InChI is InChI=1S/C23H17F/c1-16-5-4-7-19(15-16)23-21-8-3-2-6-17(21)11-14-22(23)18-9-12-20(24)13-10-18/h2-15H,1H3. The largest absolute Gasteiger partial charge is 0.207 e. The van der Waals surface area contributed by atoms with Gasteiger partial charge in [-0.2, -0.15) is 0 Å². The van der Waals surface area contributed by atoms with Crippen molar-refractivity contribution in [2.24, 2.45) is 0 Å². The van der Waals surface area contributed by atoms with Gasteiger partial charge in [0.25, 0.3) is 0 Å². The van der Waals surface area contributed by atoms with Gasteiger partial charge in [0.1, 0.15) is 5.82 Å². The Morgan fingerprint density at radius 1 is 0.667 bits per heavy atom. The molecule has 0 radical (unpaired) electrons. The lowest BCUT2D eigenvalue weighted by Gasteiger charge is -2.14. The molecule has 0 saturated heterocycles. The van der Waals surface area contributed by atoms with Crippen LogP contribution in [0.5, 0.6) is 0 Å². The van der Waals surface area contributed by atoms with Crippen LogP contribution in [0.3, 0.4) is 0 Å². The lowest BCUT2D eigenvalue weighted by Crippen LogP contribution is -1.89.